The number of esters is 1. The Hall–Kier alpha value is -2.05. The fourth-order valence-corrected chi connectivity index (χ4v) is 1.18. The van der Waals surface area contributed by atoms with Crippen molar-refractivity contribution < 1.29 is 19.4 Å². The van der Waals surface area contributed by atoms with Crippen molar-refractivity contribution in [1.29, 1.82) is 0 Å². The van der Waals surface area contributed by atoms with Gasteiger partial charge in [-0.2, -0.15) is 4.98 Å². The highest BCUT2D eigenvalue weighted by atomic mass is 16.5. The Bertz CT molecular complexity index is 480. The highest BCUT2D eigenvalue weighted by molar-refractivity contribution is 5.90. The summed E-state index contributed by atoms with van der Waals surface area (Å²) in [7, 11) is 1.32. The van der Waals surface area contributed by atoms with Gasteiger partial charge in [0, 0.05) is 7.05 Å². The summed E-state index contributed by atoms with van der Waals surface area (Å²) in [5.41, 5.74) is -0.947. The molecule has 0 spiro atoms. The molecule has 0 aliphatic rings. The summed E-state index contributed by atoms with van der Waals surface area (Å²) in [4.78, 5) is 26.9. The van der Waals surface area contributed by atoms with E-state index in [2.05, 4.69) is 4.98 Å². The zero-order valence-electron chi connectivity index (χ0n) is 9.89. The summed E-state index contributed by atoms with van der Waals surface area (Å²) in [5, 5.41) is 9.38. The Labute approximate surface area is 97.6 Å². The lowest BCUT2D eigenvalue weighted by molar-refractivity contribution is 0.0512. The standard InChI is InChI=1S/C10H14N2O5/c1-4-16-7-6(9(14)17-5-2)11-10(15)12(3)8(7)13/h4-5H2,1-3H3,(H,11,15). The molecule has 0 aromatic carbocycles. The average molecular weight is 242 g/mol. The first-order valence-corrected chi connectivity index (χ1v) is 5.12. The maximum atomic E-state index is 11.7. The van der Waals surface area contributed by atoms with Crippen LogP contribution < -0.4 is 10.3 Å². The third-order valence-corrected chi connectivity index (χ3v) is 1.98. The van der Waals surface area contributed by atoms with E-state index in [1.807, 2.05) is 0 Å². The monoisotopic (exact) mass is 242 g/mol. The van der Waals surface area contributed by atoms with E-state index < -0.39 is 17.5 Å². The van der Waals surface area contributed by atoms with Crippen molar-refractivity contribution in [3.63, 3.8) is 0 Å². The second-order valence-corrected chi connectivity index (χ2v) is 3.11. The van der Waals surface area contributed by atoms with Crippen LogP contribution in [0.3, 0.4) is 0 Å². The van der Waals surface area contributed by atoms with Crippen LogP contribution in [0.25, 0.3) is 0 Å². The molecule has 0 saturated heterocycles. The molecule has 1 rings (SSSR count). The van der Waals surface area contributed by atoms with E-state index in [1.165, 1.54) is 7.05 Å². The lowest BCUT2D eigenvalue weighted by Gasteiger charge is -2.10. The maximum Gasteiger partial charge on any atom is 0.361 e. The molecule has 0 aliphatic heterocycles. The fraction of sp³-hybridized carbons (Fsp3) is 0.500. The largest absolute Gasteiger partial charge is 0.486 e. The molecule has 7 nitrogen and oxygen atoms in total. The molecule has 1 aromatic rings. The van der Waals surface area contributed by atoms with Crippen LogP contribution in [0.1, 0.15) is 24.3 Å². The topological polar surface area (TPSA) is 90.6 Å². The van der Waals surface area contributed by atoms with Gasteiger partial charge in [-0.1, -0.05) is 0 Å². The molecule has 0 saturated carbocycles. The molecule has 0 amide bonds. The van der Waals surface area contributed by atoms with Gasteiger partial charge >= 0.3 is 5.97 Å². The summed E-state index contributed by atoms with van der Waals surface area (Å²) in [6, 6.07) is -0.568. The molecular formula is C10H14N2O5. The molecule has 1 aromatic heterocycles. The zero-order chi connectivity index (χ0) is 13.0. The van der Waals surface area contributed by atoms with Crippen LogP contribution in [0.5, 0.6) is 11.8 Å². The molecule has 7 heteroatoms. The van der Waals surface area contributed by atoms with E-state index in [0.717, 1.165) is 4.57 Å². The summed E-state index contributed by atoms with van der Waals surface area (Å²) in [6.07, 6.45) is 0. The van der Waals surface area contributed by atoms with E-state index in [-0.39, 0.29) is 24.7 Å². The molecule has 0 atom stereocenters. The van der Waals surface area contributed by atoms with Crippen molar-refractivity contribution in [3.05, 3.63) is 16.0 Å². The van der Waals surface area contributed by atoms with Gasteiger partial charge < -0.3 is 14.6 Å². The summed E-state index contributed by atoms with van der Waals surface area (Å²) >= 11 is 0. The van der Waals surface area contributed by atoms with E-state index in [4.69, 9.17) is 9.47 Å². The van der Waals surface area contributed by atoms with Gasteiger partial charge in [-0.05, 0) is 13.8 Å². The van der Waals surface area contributed by atoms with Crippen LogP contribution in [0.4, 0.5) is 0 Å². The minimum Gasteiger partial charge on any atom is -0.486 e. The summed E-state index contributed by atoms with van der Waals surface area (Å²) in [5.74, 6) is -1.02. The second kappa shape index (κ2) is 5.33. The lowest BCUT2D eigenvalue weighted by atomic mass is 10.3. The number of carbonyl (C=O) groups is 1. The lowest BCUT2D eigenvalue weighted by Crippen LogP contribution is -2.25. The normalized spacial score (nSPS) is 10.1. The van der Waals surface area contributed by atoms with Crippen molar-refractivity contribution >= 4 is 5.97 Å². The van der Waals surface area contributed by atoms with Gasteiger partial charge in [0.25, 0.3) is 11.6 Å². The smallest absolute Gasteiger partial charge is 0.361 e. The highest BCUT2D eigenvalue weighted by Crippen LogP contribution is 2.15. The van der Waals surface area contributed by atoms with Crippen LogP contribution in [0.15, 0.2) is 4.79 Å². The number of aromatic nitrogens is 2. The van der Waals surface area contributed by atoms with Crippen LogP contribution in [0, 0.1) is 0 Å². The Balaban J connectivity index is 3.37. The van der Waals surface area contributed by atoms with Crippen LogP contribution in [0.2, 0.25) is 0 Å². The fourth-order valence-electron chi connectivity index (χ4n) is 1.18. The second-order valence-electron chi connectivity index (χ2n) is 3.11. The van der Waals surface area contributed by atoms with Gasteiger partial charge in [0.2, 0.25) is 11.4 Å². The molecule has 1 N–H and O–H groups in total. The minimum atomic E-state index is -0.802. The molecule has 0 unspecified atom stereocenters. The highest BCUT2D eigenvalue weighted by Gasteiger charge is 2.22. The molecule has 1 heterocycles. The van der Waals surface area contributed by atoms with Gasteiger partial charge in [0.15, 0.2) is 0 Å². The third-order valence-electron chi connectivity index (χ3n) is 1.98. The van der Waals surface area contributed by atoms with Gasteiger partial charge in [-0.15, -0.1) is 0 Å². The van der Waals surface area contributed by atoms with Crippen molar-refractivity contribution in [1.82, 2.24) is 9.55 Å². The Morgan fingerprint density at radius 3 is 2.59 bits per heavy atom. The first-order valence-electron chi connectivity index (χ1n) is 5.12. The summed E-state index contributed by atoms with van der Waals surface area (Å²) in [6.45, 7) is 3.64. The number of nitrogens with zero attached hydrogens (tertiary/aromatic N) is 2. The van der Waals surface area contributed by atoms with Crippen molar-refractivity contribution in [2.45, 2.75) is 13.8 Å². The van der Waals surface area contributed by atoms with E-state index in [9.17, 15) is 14.7 Å². The maximum absolute atomic E-state index is 11.7. The molecule has 0 aliphatic carbocycles. The predicted molar refractivity (Wildman–Crippen MR) is 58.3 cm³/mol. The molecular weight excluding hydrogens is 228 g/mol. The first-order chi connectivity index (χ1) is 8.02. The molecule has 17 heavy (non-hydrogen) atoms. The van der Waals surface area contributed by atoms with E-state index in [1.54, 1.807) is 13.8 Å². The van der Waals surface area contributed by atoms with Gasteiger partial charge in [-0.3, -0.25) is 9.36 Å². The number of aromatic hydroxyl groups is 1. The Morgan fingerprint density at radius 1 is 1.41 bits per heavy atom. The Morgan fingerprint density at radius 2 is 2.06 bits per heavy atom. The quantitative estimate of drug-likeness (QED) is 0.751. The Kier molecular flexibility index (Phi) is 4.08. The van der Waals surface area contributed by atoms with E-state index in [0.29, 0.717) is 0 Å². The summed E-state index contributed by atoms with van der Waals surface area (Å²) < 4.78 is 10.7. The molecule has 0 fully saturated rings. The van der Waals surface area contributed by atoms with Gasteiger partial charge in [0.05, 0.1) is 13.2 Å². The first kappa shape index (κ1) is 13.0. The molecule has 0 radical (unpaired) electrons. The third kappa shape index (κ3) is 2.55. The number of hydrogen-bond acceptors (Lipinski definition) is 6. The number of rotatable bonds is 4. The van der Waals surface area contributed by atoms with Crippen molar-refractivity contribution in [2.24, 2.45) is 7.05 Å². The van der Waals surface area contributed by atoms with Crippen LogP contribution >= 0.6 is 0 Å². The van der Waals surface area contributed by atoms with Gasteiger partial charge in [-0.25, -0.2) is 4.79 Å². The number of ether oxygens (including phenoxy) is 2. The van der Waals surface area contributed by atoms with E-state index >= 15 is 0 Å². The van der Waals surface area contributed by atoms with Crippen LogP contribution in [-0.4, -0.2) is 33.8 Å². The average Bonchev–Trinajstić information content (AvgIpc) is 2.30. The SMILES string of the molecule is CCOC(=O)c1nc(O)n(C)c(=O)c1OCC. The molecule has 94 valence electrons. The molecule has 0 bridgehead atoms. The number of hydrogen-bond donors (Lipinski definition) is 1. The van der Waals surface area contributed by atoms with Crippen molar-refractivity contribution in [3.8, 4) is 11.8 Å². The van der Waals surface area contributed by atoms with Crippen molar-refractivity contribution in [2.75, 3.05) is 13.2 Å². The minimum absolute atomic E-state index is 0.141. The van der Waals surface area contributed by atoms with Gasteiger partial charge in [0.1, 0.15) is 0 Å². The van der Waals surface area contributed by atoms with Crippen LogP contribution in [-0.2, 0) is 11.8 Å². The number of carbonyl (C=O) groups excluding carboxylic acids is 1. The zero-order valence-corrected chi connectivity index (χ0v) is 9.89. The predicted octanol–water partition coefficient (Wildman–Crippen LogP) is 0.0613.